The Hall–Kier alpha value is -4.11. The average Bonchev–Trinajstić information content (AvgIpc) is 3.74. The number of rotatable bonds is 18. The van der Waals surface area contributed by atoms with Gasteiger partial charge in [-0.25, -0.2) is 9.37 Å². The zero-order chi connectivity index (χ0) is 39.6. The number of β-amino-alcohol motifs (C(OH)–C–C–N with tert-alkyl or cyclic N) is 1. The number of nitrogens with one attached hydrogen (secondary N) is 2. The lowest BCUT2D eigenvalue weighted by atomic mass is 9.85. The molecule has 15 heteroatoms. The van der Waals surface area contributed by atoms with Crippen LogP contribution in [0.3, 0.4) is 0 Å². The van der Waals surface area contributed by atoms with E-state index in [9.17, 15) is 24.3 Å². The molecule has 4 amide bonds. The molecule has 1 aliphatic rings. The minimum Gasteiger partial charge on any atom is -0.489 e. The molecule has 12 nitrogen and oxygen atoms in total. The Labute approximate surface area is 333 Å². The minimum atomic E-state index is -0.925. The fourth-order valence-corrected chi connectivity index (χ4v) is 7.31. The van der Waals surface area contributed by atoms with Gasteiger partial charge in [0.2, 0.25) is 23.6 Å². The normalized spacial score (nSPS) is 17.1. The smallest absolute Gasteiger partial charge is 0.246 e. The van der Waals surface area contributed by atoms with Gasteiger partial charge in [0.1, 0.15) is 18.7 Å². The van der Waals surface area contributed by atoms with Crippen LogP contribution in [0.25, 0.3) is 10.4 Å². The Balaban J connectivity index is 0.00000812. The van der Waals surface area contributed by atoms with Crippen LogP contribution in [-0.2, 0) is 25.6 Å². The van der Waals surface area contributed by atoms with Crippen molar-refractivity contribution < 1.29 is 33.4 Å². The summed E-state index contributed by atoms with van der Waals surface area (Å²) in [5, 5.41) is 16.5. The number of aryl methyl sites for hydroxylation is 2. The van der Waals surface area contributed by atoms with E-state index < -0.39 is 47.3 Å². The number of carbonyl (C=O) groups is 4. The molecule has 55 heavy (non-hydrogen) atoms. The minimum absolute atomic E-state index is 0. The Morgan fingerprint density at radius 3 is 2.42 bits per heavy atom. The first kappa shape index (κ1) is 45.3. The first-order valence-corrected chi connectivity index (χ1v) is 19.5. The van der Waals surface area contributed by atoms with E-state index in [1.165, 1.54) is 11.0 Å². The standard InChI is InChI=1S/C40H55FN6O6S.ClH/c1-24(26-14-16-28(17-15-26)36-25(2)44-23-54-36)45-38(51)31-20-30(48)21-47(31)39(52)37(40(3,4)5)46-34(50)13-8-6-7-10-27-11-9-12-32(35(27)41)53-22-29(42)18-19-33(43)49;/h9,11-12,14-17,23-24,29-31,37,48H,6-8,10,13,18-22,42H2,1-5H3,(H2,43,49)(H,45,51)(H,46,50);1H/t24-,29-,30+,31-,37+;/m0./s1. The molecule has 0 spiro atoms. The second-order valence-electron chi connectivity index (χ2n) is 15.2. The molecule has 3 aromatic rings. The van der Waals surface area contributed by atoms with Gasteiger partial charge in [0.15, 0.2) is 11.6 Å². The highest BCUT2D eigenvalue weighted by molar-refractivity contribution is 7.13. The van der Waals surface area contributed by atoms with Gasteiger partial charge in [-0.15, -0.1) is 23.7 Å². The van der Waals surface area contributed by atoms with Crippen molar-refractivity contribution in [3.05, 3.63) is 70.6 Å². The number of halogens is 2. The Kier molecular flexibility index (Phi) is 17.0. The van der Waals surface area contributed by atoms with Gasteiger partial charge in [0.05, 0.1) is 28.2 Å². The van der Waals surface area contributed by atoms with E-state index in [1.807, 2.05) is 64.4 Å². The van der Waals surface area contributed by atoms with E-state index in [2.05, 4.69) is 15.6 Å². The largest absolute Gasteiger partial charge is 0.489 e. The average molecular weight is 803 g/mol. The number of amides is 4. The molecule has 4 rings (SSSR count). The molecule has 5 atom stereocenters. The van der Waals surface area contributed by atoms with Crippen LogP contribution in [0.4, 0.5) is 4.39 Å². The fraction of sp³-hybridized carbons (Fsp3) is 0.525. The van der Waals surface area contributed by atoms with E-state index >= 15 is 4.39 Å². The number of nitrogens with two attached hydrogens (primary N) is 2. The molecule has 302 valence electrons. The van der Waals surface area contributed by atoms with E-state index in [0.29, 0.717) is 37.7 Å². The second kappa shape index (κ2) is 20.7. The number of likely N-dealkylation sites (tertiary alicyclic amines) is 1. The van der Waals surface area contributed by atoms with Crippen molar-refractivity contribution in [3.63, 3.8) is 0 Å². The second-order valence-corrected chi connectivity index (χ2v) is 16.1. The number of aromatic nitrogens is 1. The van der Waals surface area contributed by atoms with Crippen LogP contribution >= 0.6 is 23.7 Å². The summed E-state index contributed by atoms with van der Waals surface area (Å²) in [6.07, 6.45) is 2.11. The molecule has 0 aliphatic carbocycles. The lowest BCUT2D eigenvalue weighted by Crippen LogP contribution is -2.57. The first-order chi connectivity index (χ1) is 25.5. The van der Waals surface area contributed by atoms with Crippen molar-refractivity contribution in [1.29, 1.82) is 0 Å². The Morgan fingerprint density at radius 1 is 1.07 bits per heavy atom. The Morgan fingerprint density at radius 2 is 1.78 bits per heavy atom. The number of aliphatic hydroxyl groups is 1. The molecule has 1 aromatic heterocycles. The zero-order valence-electron chi connectivity index (χ0n) is 32.3. The number of hydrogen-bond donors (Lipinski definition) is 5. The third-order valence-corrected chi connectivity index (χ3v) is 10.6. The van der Waals surface area contributed by atoms with Crippen molar-refractivity contribution in [2.24, 2.45) is 16.9 Å². The molecule has 2 heterocycles. The summed E-state index contributed by atoms with van der Waals surface area (Å²) in [5.41, 5.74) is 15.6. The topological polar surface area (TPSA) is 190 Å². The molecule has 1 fully saturated rings. The van der Waals surface area contributed by atoms with Gasteiger partial charge in [0.25, 0.3) is 0 Å². The number of unbranched alkanes of at least 4 members (excludes halogenated alkanes) is 2. The lowest BCUT2D eigenvalue weighted by molar-refractivity contribution is -0.144. The number of thiazole rings is 1. The third-order valence-electron chi connectivity index (χ3n) is 9.67. The third kappa shape index (κ3) is 13.0. The van der Waals surface area contributed by atoms with Crippen molar-refractivity contribution >= 4 is 47.4 Å². The number of hydrogen-bond acceptors (Lipinski definition) is 9. The molecular weight excluding hydrogens is 747 g/mol. The number of primary amides is 1. The van der Waals surface area contributed by atoms with Crippen LogP contribution in [0.2, 0.25) is 0 Å². The first-order valence-electron chi connectivity index (χ1n) is 18.6. The summed E-state index contributed by atoms with van der Waals surface area (Å²) in [6, 6.07) is 10.2. The van der Waals surface area contributed by atoms with Crippen LogP contribution in [0.1, 0.15) is 95.5 Å². The fourth-order valence-electron chi connectivity index (χ4n) is 6.49. The molecule has 0 bridgehead atoms. The predicted molar refractivity (Wildman–Crippen MR) is 214 cm³/mol. The van der Waals surface area contributed by atoms with E-state index in [0.717, 1.165) is 21.7 Å². The maximum absolute atomic E-state index is 15.1. The number of benzene rings is 2. The van der Waals surface area contributed by atoms with Gasteiger partial charge >= 0.3 is 0 Å². The van der Waals surface area contributed by atoms with E-state index in [-0.39, 0.29) is 68.4 Å². The van der Waals surface area contributed by atoms with Gasteiger partial charge < -0.3 is 36.8 Å². The summed E-state index contributed by atoms with van der Waals surface area (Å²) >= 11 is 1.57. The summed E-state index contributed by atoms with van der Waals surface area (Å²) < 4.78 is 20.6. The highest BCUT2D eigenvalue weighted by Crippen LogP contribution is 2.30. The van der Waals surface area contributed by atoms with Crippen LogP contribution in [-0.4, -0.2) is 76.0 Å². The van der Waals surface area contributed by atoms with Gasteiger partial charge in [-0.3, -0.25) is 19.2 Å². The van der Waals surface area contributed by atoms with Crippen LogP contribution in [0.15, 0.2) is 48.0 Å². The van der Waals surface area contributed by atoms with Crippen LogP contribution < -0.4 is 26.8 Å². The Bertz CT molecular complexity index is 1750. The quantitative estimate of drug-likeness (QED) is 0.110. The summed E-state index contributed by atoms with van der Waals surface area (Å²) in [4.78, 5) is 58.5. The molecule has 1 aliphatic heterocycles. The number of carbonyl (C=O) groups excluding carboxylic acids is 4. The van der Waals surface area contributed by atoms with Gasteiger partial charge in [-0.2, -0.15) is 0 Å². The van der Waals surface area contributed by atoms with Gasteiger partial charge in [0, 0.05) is 31.8 Å². The monoisotopic (exact) mass is 802 g/mol. The number of ether oxygens (including phenoxy) is 1. The number of nitrogens with zero attached hydrogens (tertiary/aromatic N) is 2. The van der Waals surface area contributed by atoms with Crippen LogP contribution in [0, 0.1) is 18.2 Å². The highest BCUT2D eigenvalue weighted by Gasteiger charge is 2.44. The molecule has 0 saturated carbocycles. The summed E-state index contributed by atoms with van der Waals surface area (Å²) in [5.74, 6) is -1.92. The van der Waals surface area contributed by atoms with E-state index in [4.69, 9.17) is 16.2 Å². The highest BCUT2D eigenvalue weighted by atomic mass is 35.5. The van der Waals surface area contributed by atoms with Crippen molar-refractivity contribution in [1.82, 2.24) is 20.5 Å². The molecular formula is C40H56ClFN6O6S. The maximum atomic E-state index is 15.1. The summed E-state index contributed by atoms with van der Waals surface area (Å²) in [6.45, 7) is 9.41. The van der Waals surface area contributed by atoms with Crippen LogP contribution in [0.5, 0.6) is 5.75 Å². The van der Waals surface area contributed by atoms with Gasteiger partial charge in [-0.1, -0.05) is 63.6 Å². The SMILES string of the molecule is Cc1ncsc1-c1ccc([C@H](C)NC(=O)[C@@H]2C[C@@H](O)CN2C(=O)[C@@H](NC(=O)CCCCCc2cccc(OC[C@@H](N)CCC(N)=O)c2F)C(C)(C)C)cc1.Cl. The van der Waals surface area contributed by atoms with Crippen molar-refractivity contribution in [3.8, 4) is 16.2 Å². The predicted octanol–water partition coefficient (Wildman–Crippen LogP) is 5.12. The lowest BCUT2D eigenvalue weighted by Gasteiger charge is -2.35. The van der Waals surface area contributed by atoms with Crippen molar-refractivity contribution in [2.45, 2.75) is 116 Å². The maximum Gasteiger partial charge on any atom is 0.246 e. The molecule has 2 aromatic carbocycles. The van der Waals surface area contributed by atoms with Crippen molar-refractivity contribution in [2.75, 3.05) is 13.2 Å². The molecule has 1 saturated heterocycles. The summed E-state index contributed by atoms with van der Waals surface area (Å²) in [7, 11) is 0. The molecule has 0 radical (unpaired) electrons. The van der Waals surface area contributed by atoms with Gasteiger partial charge in [-0.05, 0) is 67.7 Å². The van der Waals surface area contributed by atoms with E-state index in [1.54, 1.807) is 23.5 Å². The zero-order valence-corrected chi connectivity index (χ0v) is 33.9. The number of aliphatic hydroxyl groups excluding tert-OH is 1. The molecule has 0 unspecified atom stereocenters. The molecule has 7 N–H and O–H groups in total.